The predicted molar refractivity (Wildman–Crippen MR) is 65.1 cm³/mol. The largest absolute Gasteiger partial charge is 0.200 e. The fourth-order valence-electron chi connectivity index (χ4n) is 1.37. The molecule has 0 amide bonds. The maximum absolute atomic E-state index is 4.19. The maximum Gasteiger partial charge on any atom is 0.0584 e. The normalized spacial score (nSPS) is 10.1. The zero-order valence-electron chi connectivity index (χ0n) is 9.24. The van der Waals surface area contributed by atoms with Crippen molar-refractivity contribution in [1.82, 2.24) is 4.37 Å². The molecule has 76 valence electrons. The molecule has 0 aliphatic rings. The lowest BCUT2D eigenvalue weighted by Gasteiger charge is -2.04. The second-order valence-corrected chi connectivity index (χ2v) is 4.05. The molecule has 2 rings (SSSR count). The quantitative estimate of drug-likeness (QED) is 0.673. The number of nitrogens with zero attached hydrogens (tertiary/aromatic N) is 1. The number of benzene rings is 1. The van der Waals surface area contributed by atoms with Crippen molar-refractivity contribution < 1.29 is 0 Å². The van der Waals surface area contributed by atoms with E-state index in [-0.39, 0.29) is 0 Å². The van der Waals surface area contributed by atoms with Crippen LogP contribution in [0.3, 0.4) is 0 Å². The highest BCUT2D eigenvalue weighted by Gasteiger charge is 2.05. The second-order valence-electron chi connectivity index (χ2n) is 3.25. The van der Waals surface area contributed by atoms with Crippen molar-refractivity contribution >= 4 is 21.6 Å². The molecule has 1 aromatic carbocycles. The first-order valence-electron chi connectivity index (χ1n) is 5.12. The summed E-state index contributed by atoms with van der Waals surface area (Å²) in [4.78, 5) is 0. The van der Waals surface area contributed by atoms with Gasteiger partial charge in [0.05, 0.1) is 4.70 Å². The van der Waals surface area contributed by atoms with Gasteiger partial charge in [-0.15, -0.1) is 0 Å². The molecule has 1 heterocycles. The van der Waals surface area contributed by atoms with Crippen LogP contribution in [0, 0.1) is 0 Å². The van der Waals surface area contributed by atoms with Gasteiger partial charge in [-0.05, 0) is 23.0 Å². The number of aromatic nitrogens is 1. The van der Waals surface area contributed by atoms with Crippen LogP contribution < -0.4 is 0 Å². The minimum atomic E-state index is 0.592. The molecule has 0 aliphatic carbocycles. The summed E-state index contributed by atoms with van der Waals surface area (Å²) in [6, 6.07) is 6.40. The Kier molecular flexibility index (Phi) is 4.08. The highest BCUT2D eigenvalue weighted by atomic mass is 32.1. The number of hydrogen-bond acceptors (Lipinski definition) is 2. The van der Waals surface area contributed by atoms with Crippen LogP contribution in [0.4, 0.5) is 0 Å². The molecule has 14 heavy (non-hydrogen) atoms. The Labute approximate surface area is 89.9 Å². The minimum absolute atomic E-state index is 0.592. The van der Waals surface area contributed by atoms with Gasteiger partial charge >= 0.3 is 0 Å². The summed E-state index contributed by atoms with van der Waals surface area (Å²) < 4.78 is 5.53. The summed E-state index contributed by atoms with van der Waals surface area (Å²) in [6.07, 6.45) is 1.94. The third kappa shape index (κ3) is 2.13. The third-order valence-corrected chi connectivity index (χ3v) is 2.90. The molecule has 0 aliphatic heterocycles. The van der Waals surface area contributed by atoms with Crippen LogP contribution in [0.15, 0.2) is 24.4 Å². The Morgan fingerprint density at radius 3 is 2.57 bits per heavy atom. The van der Waals surface area contributed by atoms with Crippen LogP contribution in [-0.4, -0.2) is 4.37 Å². The van der Waals surface area contributed by atoms with E-state index in [1.54, 1.807) is 11.5 Å². The van der Waals surface area contributed by atoms with Gasteiger partial charge in [0.2, 0.25) is 0 Å². The molecule has 0 N–H and O–H groups in total. The van der Waals surface area contributed by atoms with E-state index < -0.39 is 0 Å². The lowest BCUT2D eigenvalue weighted by atomic mass is 10.0. The Bertz CT molecular complexity index is 390. The lowest BCUT2D eigenvalue weighted by molar-refractivity contribution is 0.878. The van der Waals surface area contributed by atoms with Crippen molar-refractivity contribution in [2.45, 2.75) is 33.6 Å². The fourth-order valence-corrected chi connectivity index (χ4v) is 2.28. The van der Waals surface area contributed by atoms with Gasteiger partial charge in [0.25, 0.3) is 0 Å². The van der Waals surface area contributed by atoms with Crippen LogP contribution in [-0.2, 0) is 0 Å². The summed E-state index contributed by atoms with van der Waals surface area (Å²) >= 11 is 1.59. The molecule has 1 nitrogen and oxygen atoms in total. The third-order valence-electron chi connectivity index (χ3n) is 2.03. The molecule has 0 atom stereocenters. The summed E-state index contributed by atoms with van der Waals surface area (Å²) in [6.45, 7) is 8.43. The van der Waals surface area contributed by atoms with E-state index in [9.17, 15) is 0 Å². The van der Waals surface area contributed by atoms with Crippen LogP contribution in [0.5, 0.6) is 0 Å². The second kappa shape index (κ2) is 5.11. The standard InChI is InChI=1S/C10H11NS.C2H6/c1-7(2)9-5-3-4-8-6-11-12-10(8)9;1-2/h3-7H,1-2H3;1-2H3. The topological polar surface area (TPSA) is 12.9 Å². The van der Waals surface area contributed by atoms with E-state index in [1.807, 2.05) is 20.0 Å². The smallest absolute Gasteiger partial charge is 0.0584 e. The van der Waals surface area contributed by atoms with E-state index in [4.69, 9.17) is 0 Å². The highest BCUT2D eigenvalue weighted by molar-refractivity contribution is 7.13. The average Bonchev–Trinajstić information content (AvgIpc) is 2.67. The monoisotopic (exact) mass is 207 g/mol. The van der Waals surface area contributed by atoms with E-state index in [1.165, 1.54) is 15.6 Å². The fraction of sp³-hybridized carbons (Fsp3) is 0.417. The Morgan fingerprint density at radius 1 is 1.21 bits per heavy atom. The first-order chi connectivity index (χ1) is 6.79. The van der Waals surface area contributed by atoms with Gasteiger partial charge in [-0.2, -0.15) is 4.37 Å². The molecule has 2 heteroatoms. The minimum Gasteiger partial charge on any atom is -0.200 e. The first-order valence-corrected chi connectivity index (χ1v) is 5.89. The van der Waals surface area contributed by atoms with Crippen molar-refractivity contribution in [3.05, 3.63) is 30.0 Å². The highest BCUT2D eigenvalue weighted by Crippen LogP contribution is 2.27. The summed E-state index contributed by atoms with van der Waals surface area (Å²) in [7, 11) is 0. The molecule has 1 aromatic heterocycles. The van der Waals surface area contributed by atoms with E-state index in [0.717, 1.165) is 0 Å². The van der Waals surface area contributed by atoms with E-state index in [0.29, 0.717) is 5.92 Å². The Hall–Kier alpha value is -0.890. The van der Waals surface area contributed by atoms with Gasteiger partial charge in [-0.25, -0.2) is 0 Å². The molecular weight excluding hydrogens is 190 g/mol. The van der Waals surface area contributed by atoms with Gasteiger partial charge in [-0.3, -0.25) is 0 Å². The summed E-state index contributed by atoms with van der Waals surface area (Å²) in [5, 5.41) is 1.27. The molecule has 0 saturated heterocycles. The first kappa shape index (κ1) is 11.2. The molecule has 2 aromatic rings. The van der Waals surface area contributed by atoms with Crippen LogP contribution >= 0.6 is 11.5 Å². The maximum atomic E-state index is 4.19. The number of fused-ring (bicyclic) bond motifs is 1. The molecule has 0 bridgehead atoms. The molecule has 0 fully saturated rings. The average molecular weight is 207 g/mol. The van der Waals surface area contributed by atoms with E-state index >= 15 is 0 Å². The zero-order valence-corrected chi connectivity index (χ0v) is 10.1. The predicted octanol–water partition coefficient (Wildman–Crippen LogP) is 4.45. The van der Waals surface area contributed by atoms with E-state index in [2.05, 4.69) is 36.4 Å². The molecule has 0 radical (unpaired) electrons. The van der Waals surface area contributed by atoms with Crippen LogP contribution in [0.1, 0.15) is 39.2 Å². The van der Waals surface area contributed by atoms with Crippen molar-refractivity contribution in [2.24, 2.45) is 0 Å². The zero-order chi connectivity index (χ0) is 10.6. The van der Waals surface area contributed by atoms with Gasteiger partial charge in [-0.1, -0.05) is 45.9 Å². The molecular formula is C12H17NS. The lowest BCUT2D eigenvalue weighted by Crippen LogP contribution is -1.85. The van der Waals surface area contributed by atoms with Crippen molar-refractivity contribution in [2.75, 3.05) is 0 Å². The van der Waals surface area contributed by atoms with Gasteiger partial charge in [0.1, 0.15) is 0 Å². The Balaban J connectivity index is 0.000000461. The molecule has 0 spiro atoms. The molecule has 0 unspecified atom stereocenters. The van der Waals surface area contributed by atoms with Gasteiger partial charge < -0.3 is 0 Å². The Morgan fingerprint density at radius 2 is 1.93 bits per heavy atom. The SMILES string of the molecule is CC.CC(C)c1cccc2cnsc12. The van der Waals surface area contributed by atoms with Gasteiger partial charge in [0.15, 0.2) is 0 Å². The summed E-state index contributed by atoms with van der Waals surface area (Å²) in [5.41, 5.74) is 1.41. The number of rotatable bonds is 1. The van der Waals surface area contributed by atoms with Crippen LogP contribution in [0.25, 0.3) is 10.1 Å². The molecule has 0 saturated carbocycles. The van der Waals surface area contributed by atoms with Crippen molar-refractivity contribution in [1.29, 1.82) is 0 Å². The number of hydrogen-bond donors (Lipinski definition) is 0. The summed E-state index contributed by atoms with van der Waals surface area (Å²) in [5.74, 6) is 0.592. The van der Waals surface area contributed by atoms with Crippen molar-refractivity contribution in [3.8, 4) is 0 Å². The van der Waals surface area contributed by atoms with Gasteiger partial charge in [0, 0.05) is 11.6 Å². The van der Waals surface area contributed by atoms with Crippen LogP contribution in [0.2, 0.25) is 0 Å². The van der Waals surface area contributed by atoms with Crippen molar-refractivity contribution in [3.63, 3.8) is 0 Å².